The molecule has 0 N–H and O–H groups in total. The number of carbonyl (C=O) groups is 2. The van der Waals surface area contributed by atoms with E-state index in [0.29, 0.717) is 22.8 Å². The highest BCUT2D eigenvalue weighted by atomic mass is 79.9. The highest BCUT2D eigenvalue weighted by Gasteiger charge is 2.23. The fraction of sp³-hybridized carbons (Fsp3) is 0.211. The summed E-state index contributed by atoms with van der Waals surface area (Å²) in [5.74, 6) is -0.696. The minimum Gasteiger partial charge on any atom is -0.456 e. The van der Waals surface area contributed by atoms with E-state index >= 15 is 0 Å². The smallest absolute Gasteiger partial charge is 0.320 e. The molecule has 3 aromatic rings. The Morgan fingerprint density at radius 3 is 2.62 bits per heavy atom. The molecule has 0 aliphatic carbocycles. The van der Waals surface area contributed by atoms with Gasteiger partial charge in [-0.25, -0.2) is 4.98 Å². The number of nitrogens with zero attached hydrogens (tertiary/aromatic N) is 1. The number of ether oxygens (including phenoxy) is 1. The number of ketones is 1. The van der Waals surface area contributed by atoms with Crippen LogP contribution in [-0.4, -0.2) is 28.6 Å². The molecule has 26 heavy (non-hydrogen) atoms. The third-order valence-corrected chi connectivity index (χ3v) is 5.38. The van der Waals surface area contributed by atoms with E-state index in [9.17, 15) is 9.59 Å². The first kappa shape index (κ1) is 18.7. The van der Waals surface area contributed by atoms with Crippen molar-refractivity contribution in [3.8, 4) is 0 Å². The number of fused-ring (bicyclic) bond motifs is 1. The van der Waals surface area contributed by atoms with Gasteiger partial charge in [0.15, 0.2) is 18.0 Å². The molecule has 0 fully saturated rings. The van der Waals surface area contributed by atoms with Crippen molar-refractivity contribution in [3.63, 3.8) is 0 Å². The Balaban J connectivity index is 1.59. The molecule has 0 radical (unpaired) electrons. The van der Waals surface area contributed by atoms with Gasteiger partial charge in [0.25, 0.3) is 5.22 Å². The molecule has 0 unspecified atom stereocenters. The summed E-state index contributed by atoms with van der Waals surface area (Å²) >= 11 is 4.52. The fourth-order valence-corrected chi connectivity index (χ4v) is 3.40. The minimum absolute atomic E-state index is 0.243. The SMILES string of the molecule is CC[C@H](Sc1nc2ccccc2o1)C(=O)OCC(=O)c1ccc(Br)cc1. The van der Waals surface area contributed by atoms with E-state index in [4.69, 9.17) is 9.15 Å². The van der Waals surface area contributed by atoms with Crippen LogP contribution in [0.3, 0.4) is 0 Å². The van der Waals surface area contributed by atoms with Gasteiger partial charge in [-0.05, 0) is 30.7 Å². The number of aromatic nitrogens is 1. The normalized spacial score (nSPS) is 12.1. The molecule has 1 aromatic heterocycles. The summed E-state index contributed by atoms with van der Waals surface area (Å²) in [4.78, 5) is 28.8. The Labute approximate surface area is 163 Å². The summed E-state index contributed by atoms with van der Waals surface area (Å²) in [7, 11) is 0. The van der Waals surface area contributed by atoms with E-state index in [2.05, 4.69) is 20.9 Å². The molecule has 5 nitrogen and oxygen atoms in total. The molecule has 0 saturated carbocycles. The van der Waals surface area contributed by atoms with E-state index in [1.807, 2.05) is 31.2 Å². The lowest BCUT2D eigenvalue weighted by Gasteiger charge is -2.11. The maximum absolute atomic E-state index is 12.3. The van der Waals surface area contributed by atoms with Crippen molar-refractivity contribution in [2.75, 3.05) is 6.61 Å². The van der Waals surface area contributed by atoms with E-state index in [1.54, 1.807) is 24.3 Å². The lowest BCUT2D eigenvalue weighted by molar-refractivity contribution is -0.141. The second-order valence-electron chi connectivity index (χ2n) is 5.50. The van der Waals surface area contributed by atoms with Gasteiger partial charge in [-0.15, -0.1) is 0 Å². The van der Waals surface area contributed by atoms with Gasteiger partial charge in [0.2, 0.25) is 0 Å². The van der Waals surface area contributed by atoms with Crippen LogP contribution in [0.4, 0.5) is 0 Å². The summed E-state index contributed by atoms with van der Waals surface area (Å²) in [6.07, 6.45) is 0.536. The Bertz CT molecular complexity index is 890. The van der Waals surface area contributed by atoms with Crippen LogP contribution in [0.15, 0.2) is 62.6 Å². The highest BCUT2D eigenvalue weighted by molar-refractivity contribution is 9.10. The van der Waals surface area contributed by atoms with Gasteiger partial charge >= 0.3 is 5.97 Å². The number of para-hydroxylation sites is 2. The van der Waals surface area contributed by atoms with E-state index < -0.39 is 11.2 Å². The Hall–Kier alpha value is -2.12. The van der Waals surface area contributed by atoms with Gasteiger partial charge < -0.3 is 9.15 Å². The molecule has 0 bridgehead atoms. The van der Waals surface area contributed by atoms with Crippen LogP contribution in [-0.2, 0) is 9.53 Å². The number of halogens is 1. The third kappa shape index (κ3) is 4.53. The molecular formula is C19H16BrNO4S. The second-order valence-corrected chi connectivity index (χ2v) is 7.57. The maximum atomic E-state index is 12.3. The maximum Gasteiger partial charge on any atom is 0.320 e. The highest BCUT2D eigenvalue weighted by Crippen LogP contribution is 2.28. The van der Waals surface area contributed by atoms with Crippen molar-refractivity contribution >= 4 is 50.5 Å². The number of carbonyl (C=O) groups excluding carboxylic acids is 2. The van der Waals surface area contributed by atoms with Crippen molar-refractivity contribution in [3.05, 3.63) is 58.6 Å². The third-order valence-electron chi connectivity index (χ3n) is 3.66. The first-order valence-electron chi connectivity index (χ1n) is 8.04. The minimum atomic E-state index is -0.485. The van der Waals surface area contributed by atoms with Crippen molar-refractivity contribution in [1.29, 1.82) is 0 Å². The van der Waals surface area contributed by atoms with Crippen LogP contribution < -0.4 is 0 Å². The standard InChI is InChI=1S/C19H16BrNO4S/c1-2-17(26-19-21-14-5-3-4-6-16(14)25-19)18(23)24-11-15(22)12-7-9-13(20)10-8-12/h3-10,17H,2,11H2,1H3/t17-/m0/s1. The van der Waals surface area contributed by atoms with Crippen LogP contribution in [0.5, 0.6) is 0 Å². The number of esters is 1. The molecule has 0 amide bonds. The molecule has 3 rings (SSSR count). The molecule has 1 atom stereocenters. The first-order chi connectivity index (χ1) is 12.6. The first-order valence-corrected chi connectivity index (χ1v) is 9.71. The summed E-state index contributed by atoms with van der Waals surface area (Å²) in [6.45, 7) is 1.59. The number of hydrogen-bond donors (Lipinski definition) is 0. The lowest BCUT2D eigenvalue weighted by Crippen LogP contribution is -2.23. The van der Waals surface area contributed by atoms with Crippen LogP contribution >= 0.6 is 27.7 Å². The second kappa shape index (κ2) is 8.51. The zero-order valence-corrected chi connectivity index (χ0v) is 16.4. The molecule has 0 aliphatic heterocycles. The van der Waals surface area contributed by atoms with E-state index in [1.165, 1.54) is 11.8 Å². The zero-order valence-electron chi connectivity index (χ0n) is 14.0. The number of benzene rings is 2. The summed E-state index contributed by atoms with van der Waals surface area (Å²) in [5.41, 5.74) is 1.91. The topological polar surface area (TPSA) is 69.4 Å². The van der Waals surface area contributed by atoms with Gasteiger partial charge in [0, 0.05) is 10.0 Å². The van der Waals surface area contributed by atoms with Crippen LogP contribution in [0.2, 0.25) is 0 Å². The van der Waals surface area contributed by atoms with Gasteiger partial charge in [-0.3, -0.25) is 9.59 Å². The molecule has 1 heterocycles. The lowest BCUT2D eigenvalue weighted by atomic mass is 10.1. The number of Topliss-reactive ketones (excluding diaryl/α,β-unsaturated/α-hetero) is 1. The largest absolute Gasteiger partial charge is 0.456 e. The van der Waals surface area contributed by atoms with Gasteiger partial charge in [0.05, 0.1) is 0 Å². The summed E-state index contributed by atoms with van der Waals surface area (Å²) < 4.78 is 11.7. The molecular weight excluding hydrogens is 418 g/mol. The fourth-order valence-electron chi connectivity index (χ4n) is 2.27. The molecule has 0 spiro atoms. The predicted molar refractivity (Wildman–Crippen MR) is 103 cm³/mol. The quantitative estimate of drug-likeness (QED) is 0.300. The number of hydrogen-bond acceptors (Lipinski definition) is 6. The summed E-state index contributed by atoms with van der Waals surface area (Å²) in [6, 6.07) is 14.3. The Morgan fingerprint density at radius 2 is 1.92 bits per heavy atom. The molecule has 134 valence electrons. The molecule has 0 aliphatic rings. The van der Waals surface area contributed by atoms with Gasteiger partial charge in [-0.2, -0.15) is 0 Å². The van der Waals surface area contributed by atoms with Crippen LogP contribution in [0, 0.1) is 0 Å². The van der Waals surface area contributed by atoms with Gasteiger partial charge in [-0.1, -0.05) is 58.9 Å². The van der Waals surface area contributed by atoms with Gasteiger partial charge in [0.1, 0.15) is 10.8 Å². The molecule has 0 saturated heterocycles. The van der Waals surface area contributed by atoms with Crippen molar-refractivity contribution < 1.29 is 18.7 Å². The average Bonchev–Trinajstić information content (AvgIpc) is 3.07. The average molecular weight is 434 g/mol. The Morgan fingerprint density at radius 1 is 1.19 bits per heavy atom. The van der Waals surface area contributed by atoms with E-state index in [0.717, 1.165) is 9.99 Å². The van der Waals surface area contributed by atoms with Crippen molar-refractivity contribution in [2.45, 2.75) is 23.8 Å². The molecule has 7 heteroatoms. The predicted octanol–water partition coefficient (Wildman–Crippen LogP) is 4.89. The Kier molecular flexibility index (Phi) is 6.11. The number of thioether (sulfide) groups is 1. The van der Waals surface area contributed by atoms with Crippen LogP contribution in [0.25, 0.3) is 11.1 Å². The van der Waals surface area contributed by atoms with Crippen molar-refractivity contribution in [2.24, 2.45) is 0 Å². The monoisotopic (exact) mass is 433 g/mol. The number of rotatable bonds is 7. The number of oxazole rings is 1. The molecule has 2 aromatic carbocycles. The zero-order chi connectivity index (χ0) is 18.5. The van der Waals surface area contributed by atoms with E-state index in [-0.39, 0.29) is 12.4 Å². The summed E-state index contributed by atoms with van der Waals surface area (Å²) in [5, 5.41) is -0.0741. The van der Waals surface area contributed by atoms with Crippen molar-refractivity contribution in [1.82, 2.24) is 4.98 Å². The van der Waals surface area contributed by atoms with Crippen LogP contribution in [0.1, 0.15) is 23.7 Å².